The van der Waals surface area contributed by atoms with Gasteiger partial charge in [-0.3, -0.25) is 0 Å². The maximum absolute atomic E-state index is 10.9. The average molecular weight is 261 g/mol. The molecule has 4 nitrogen and oxygen atoms in total. The van der Waals surface area contributed by atoms with Crippen molar-refractivity contribution in [3.8, 4) is 0 Å². The zero-order chi connectivity index (χ0) is 13.0. The minimum atomic E-state index is -1.000. The molecule has 19 heavy (non-hydrogen) atoms. The van der Waals surface area contributed by atoms with E-state index >= 15 is 0 Å². The summed E-state index contributed by atoms with van der Waals surface area (Å²) in [6, 6.07) is 0. The number of carboxylic acids is 1. The Kier molecular flexibility index (Phi) is 2.32. The number of rotatable bonds is 3. The highest BCUT2D eigenvalue weighted by Gasteiger charge is 2.51. The molecular weight excluding hydrogens is 242 g/mol. The van der Waals surface area contributed by atoms with E-state index in [4.69, 9.17) is 9.52 Å². The van der Waals surface area contributed by atoms with Crippen LogP contribution in [0.5, 0.6) is 0 Å². The Morgan fingerprint density at radius 2 is 1.84 bits per heavy atom. The molecule has 0 spiro atoms. The van der Waals surface area contributed by atoms with E-state index in [1.807, 2.05) is 0 Å². The van der Waals surface area contributed by atoms with Crippen molar-refractivity contribution in [3.63, 3.8) is 0 Å². The van der Waals surface area contributed by atoms with Gasteiger partial charge in [0.15, 0.2) is 11.6 Å². The zero-order valence-electron chi connectivity index (χ0n) is 11.0. The number of hydrogen-bond donors (Lipinski definition) is 1. The van der Waals surface area contributed by atoms with Crippen LogP contribution in [-0.4, -0.2) is 16.1 Å². The van der Waals surface area contributed by atoms with Gasteiger partial charge < -0.3 is 9.52 Å². The van der Waals surface area contributed by atoms with Gasteiger partial charge >= 0.3 is 5.97 Å². The highest BCUT2D eigenvalue weighted by Crippen LogP contribution is 2.60. The van der Waals surface area contributed by atoms with E-state index < -0.39 is 5.97 Å². The third-order valence-corrected chi connectivity index (χ3v) is 5.46. The summed E-state index contributed by atoms with van der Waals surface area (Å²) in [5.74, 6) is 2.33. The predicted molar refractivity (Wildman–Crippen MR) is 67.8 cm³/mol. The van der Waals surface area contributed by atoms with E-state index in [0.717, 1.165) is 24.2 Å². The molecule has 0 saturated heterocycles. The predicted octanol–water partition coefficient (Wildman–Crippen LogP) is 3.13. The molecule has 4 aliphatic carbocycles. The first-order valence-electron chi connectivity index (χ1n) is 7.30. The molecule has 0 unspecified atom stereocenters. The number of oxazole rings is 1. The van der Waals surface area contributed by atoms with Gasteiger partial charge in [0, 0.05) is 6.42 Å². The van der Waals surface area contributed by atoms with Crippen molar-refractivity contribution >= 4 is 5.97 Å². The van der Waals surface area contributed by atoms with Crippen LogP contribution >= 0.6 is 0 Å². The van der Waals surface area contributed by atoms with Crippen molar-refractivity contribution in [3.05, 3.63) is 17.8 Å². The lowest BCUT2D eigenvalue weighted by Gasteiger charge is -2.56. The molecule has 1 aromatic heterocycles. The molecular formula is C15H19NO3. The van der Waals surface area contributed by atoms with Crippen LogP contribution in [0.1, 0.15) is 54.9 Å². The van der Waals surface area contributed by atoms with Gasteiger partial charge in [0.1, 0.15) is 6.26 Å². The molecule has 0 amide bonds. The fourth-order valence-electron chi connectivity index (χ4n) is 5.32. The van der Waals surface area contributed by atoms with Crippen LogP contribution in [0.3, 0.4) is 0 Å². The zero-order valence-corrected chi connectivity index (χ0v) is 11.0. The second kappa shape index (κ2) is 3.84. The van der Waals surface area contributed by atoms with Crippen molar-refractivity contribution in [1.29, 1.82) is 0 Å². The molecule has 4 heteroatoms. The number of aromatic nitrogens is 1. The molecule has 4 bridgehead atoms. The summed E-state index contributed by atoms with van der Waals surface area (Å²) in [5.41, 5.74) is 0.398. The molecule has 0 aromatic carbocycles. The van der Waals surface area contributed by atoms with Gasteiger partial charge in [-0.15, -0.1) is 0 Å². The summed E-state index contributed by atoms with van der Waals surface area (Å²) >= 11 is 0. The highest BCUT2D eigenvalue weighted by atomic mass is 16.4. The van der Waals surface area contributed by atoms with Gasteiger partial charge in [-0.2, -0.15) is 0 Å². The summed E-state index contributed by atoms with van der Waals surface area (Å²) in [4.78, 5) is 15.0. The van der Waals surface area contributed by atoms with Crippen LogP contribution in [0, 0.1) is 23.2 Å². The van der Waals surface area contributed by atoms with E-state index in [1.54, 1.807) is 0 Å². The molecule has 5 rings (SSSR count). The monoisotopic (exact) mass is 261 g/mol. The fourth-order valence-corrected chi connectivity index (χ4v) is 5.32. The third kappa shape index (κ3) is 1.88. The van der Waals surface area contributed by atoms with Crippen molar-refractivity contribution < 1.29 is 14.3 Å². The largest absolute Gasteiger partial charge is 0.476 e. The molecule has 0 aliphatic heterocycles. The summed E-state index contributed by atoms with van der Waals surface area (Å²) in [7, 11) is 0. The van der Waals surface area contributed by atoms with E-state index in [-0.39, 0.29) is 5.69 Å². The summed E-state index contributed by atoms with van der Waals surface area (Å²) < 4.78 is 5.37. The van der Waals surface area contributed by atoms with Crippen LogP contribution in [-0.2, 0) is 6.42 Å². The van der Waals surface area contributed by atoms with Gasteiger partial charge in [-0.25, -0.2) is 9.78 Å². The van der Waals surface area contributed by atoms with E-state index in [1.165, 1.54) is 44.8 Å². The second-order valence-electron chi connectivity index (χ2n) is 7.03. The van der Waals surface area contributed by atoms with Gasteiger partial charge in [0.05, 0.1) is 0 Å². The molecule has 0 radical (unpaired) electrons. The first-order valence-corrected chi connectivity index (χ1v) is 7.30. The second-order valence-corrected chi connectivity index (χ2v) is 7.03. The number of hydrogen-bond acceptors (Lipinski definition) is 3. The number of aromatic carboxylic acids is 1. The number of nitrogens with zero attached hydrogens (tertiary/aromatic N) is 1. The Bertz CT molecular complexity index is 484. The average Bonchev–Trinajstić information content (AvgIpc) is 2.74. The number of carbonyl (C=O) groups is 1. The Balaban J connectivity index is 1.57. The van der Waals surface area contributed by atoms with Crippen molar-refractivity contribution in [2.75, 3.05) is 0 Å². The third-order valence-electron chi connectivity index (χ3n) is 5.46. The van der Waals surface area contributed by atoms with Gasteiger partial charge in [-0.05, 0) is 61.7 Å². The number of carboxylic acid groups (broad SMARTS) is 1. The van der Waals surface area contributed by atoms with Crippen molar-refractivity contribution in [1.82, 2.24) is 4.98 Å². The maximum Gasteiger partial charge on any atom is 0.357 e. The lowest BCUT2D eigenvalue weighted by atomic mass is 9.49. The quantitative estimate of drug-likeness (QED) is 0.908. The summed E-state index contributed by atoms with van der Waals surface area (Å²) in [5, 5.41) is 8.91. The minimum absolute atomic E-state index is 0.0414. The molecule has 4 saturated carbocycles. The molecule has 4 fully saturated rings. The van der Waals surface area contributed by atoms with Crippen LogP contribution in [0.25, 0.3) is 0 Å². The molecule has 1 aromatic rings. The maximum atomic E-state index is 10.9. The van der Waals surface area contributed by atoms with Gasteiger partial charge in [0.2, 0.25) is 0 Å². The summed E-state index contributed by atoms with van der Waals surface area (Å²) in [6.07, 6.45) is 10.3. The smallest absolute Gasteiger partial charge is 0.357 e. The lowest BCUT2D eigenvalue weighted by molar-refractivity contribution is -0.0551. The Hall–Kier alpha value is -1.32. The van der Waals surface area contributed by atoms with Crippen molar-refractivity contribution in [2.45, 2.75) is 44.9 Å². The Morgan fingerprint density at radius 3 is 2.32 bits per heavy atom. The SMILES string of the molecule is O=C(O)c1coc(CC23CC4CC(CC(C4)C2)C3)n1. The van der Waals surface area contributed by atoms with Crippen LogP contribution in [0.15, 0.2) is 10.7 Å². The first-order chi connectivity index (χ1) is 9.12. The molecule has 102 valence electrons. The van der Waals surface area contributed by atoms with Crippen LogP contribution in [0.2, 0.25) is 0 Å². The van der Waals surface area contributed by atoms with Crippen LogP contribution < -0.4 is 0 Å². The van der Waals surface area contributed by atoms with Crippen LogP contribution in [0.4, 0.5) is 0 Å². The topological polar surface area (TPSA) is 63.3 Å². The normalized spacial score (nSPS) is 39.7. The van der Waals surface area contributed by atoms with Gasteiger partial charge in [-0.1, -0.05) is 0 Å². The highest BCUT2D eigenvalue weighted by molar-refractivity contribution is 5.84. The Morgan fingerprint density at radius 1 is 1.26 bits per heavy atom. The molecule has 4 aliphatic rings. The summed E-state index contributed by atoms with van der Waals surface area (Å²) in [6.45, 7) is 0. The van der Waals surface area contributed by atoms with E-state index in [0.29, 0.717) is 11.3 Å². The standard InChI is InChI=1S/C15H19NO3/c17-14(18)12-8-19-13(16-12)7-15-4-9-1-10(5-15)3-11(2-9)6-15/h8-11H,1-7H2,(H,17,18). The first kappa shape index (κ1) is 11.5. The Labute approximate surface area is 112 Å². The lowest BCUT2D eigenvalue weighted by Crippen LogP contribution is -2.47. The minimum Gasteiger partial charge on any atom is -0.476 e. The van der Waals surface area contributed by atoms with Crippen molar-refractivity contribution in [2.24, 2.45) is 23.2 Å². The molecule has 1 N–H and O–H groups in total. The molecule has 0 atom stereocenters. The molecule has 1 heterocycles. The van der Waals surface area contributed by atoms with Gasteiger partial charge in [0.25, 0.3) is 0 Å². The fraction of sp³-hybridized carbons (Fsp3) is 0.733. The van der Waals surface area contributed by atoms with E-state index in [2.05, 4.69) is 4.98 Å². The van der Waals surface area contributed by atoms with E-state index in [9.17, 15) is 4.79 Å².